The standard InChI is InChI=1S/C13H27N3O/c1-11(2)16-6-4-15(5-7-16)9-13(14)12-3-8-17-10-12/h11-13H,3-10,14H2,1-2H3. The molecule has 2 unspecified atom stereocenters. The Morgan fingerprint density at radius 3 is 2.47 bits per heavy atom. The minimum Gasteiger partial charge on any atom is -0.381 e. The van der Waals surface area contributed by atoms with Crippen LogP contribution in [0.15, 0.2) is 0 Å². The Bertz CT molecular complexity index is 221. The number of hydrogen-bond donors (Lipinski definition) is 1. The van der Waals surface area contributed by atoms with Gasteiger partial charge in [0.25, 0.3) is 0 Å². The van der Waals surface area contributed by atoms with Crippen LogP contribution >= 0.6 is 0 Å². The molecule has 0 spiro atoms. The summed E-state index contributed by atoms with van der Waals surface area (Å²) in [4.78, 5) is 5.06. The van der Waals surface area contributed by atoms with Crippen LogP contribution in [-0.4, -0.2) is 67.8 Å². The van der Waals surface area contributed by atoms with Crippen molar-refractivity contribution in [1.29, 1.82) is 0 Å². The fraction of sp³-hybridized carbons (Fsp3) is 1.00. The van der Waals surface area contributed by atoms with Gasteiger partial charge in [-0.25, -0.2) is 0 Å². The van der Waals surface area contributed by atoms with E-state index in [-0.39, 0.29) is 0 Å². The minimum absolute atomic E-state index is 0.295. The predicted molar refractivity (Wildman–Crippen MR) is 70.1 cm³/mol. The van der Waals surface area contributed by atoms with Gasteiger partial charge in [0, 0.05) is 57.3 Å². The fourth-order valence-corrected chi connectivity index (χ4v) is 2.80. The number of rotatable bonds is 4. The smallest absolute Gasteiger partial charge is 0.0510 e. The van der Waals surface area contributed by atoms with Crippen molar-refractivity contribution < 1.29 is 4.74 Å². The molecule has 0 aromatic carbocycles. The molecule has 2 atom stereocenters. The van der Waals surface area contributed by atoms with Crippen molar-refractivity contribution in [3.63, 3.8) is 0 Å². The van der Waals surface area contributed by atoms with Gasteiger partial charge in [-0.3, -0.25) is 9.80 Å². The summed E-state index contributed by atoms with van der Waals surface area (Å²) in [5.74, 6) is 0.582. The molecule has 2 rings (SSSR count). The highest BCUT2D eigenvalue weighted by molar-refractivity contribution is 4.82. The lowest BCUT2D eigenvalue weighted by Gasteiger charge is -2.38. The molecule has 0 radical (unpaired) electrons. The zero-order valence-corrected chi connectivity index (χ0v) is 11.3. The Morgan fingerprint density at radius 1 is 1.24 bits per heavy atom. The van der Waals surface area contributed by atoms with Gasteiger partial charge in [-0.15, -0.1) is 0 Å². The van der Waals surface area contributed by atoms with Crippen LogP contribution in [0.1, 0.15) is 20.3 Å². The maximum Gasteiger partial charge on any atom is 0.0510 e. The second-order valence-corrected chi connectivity index (χ2v) is 5.72. The monoisotopic (exact) mass is 241 g/mol. The highest BCUT2D eigenvalue weighted by Gasteiger charge is 2.26. The molecule has 2 saturated heterocycles. The second kappa shape index (κ2) is 6.14. The zero-order chi connectivity index (χ0) is 12.3. The largest absolute Gasteiger partial charge is 0.381 e. The number of ether oxygens (including phenoxy) is 1. The lowest BCUT2D eigenvalue weighted by Crippen LogP contribution is -2.52. The number of nitrogens with zero attached hydrogens (tertiary/aromatic N) is 2. The minimum atomic E-state index is 0.295. The number of hydrogen-bond acceptors (Lipinski definition) is 4. The average Bonchev–Trinajstić information content (AvgIpc) is 2.83. The highest BCUT2D eigenvalue weighted by atomic mass is 16.5. The summed E-state index contributed by atoms with van der Waals surface area (Å²) in [7, 11) is 0. The summed E-state index contributed by atoms with van der Waals surface area (Å²) in [5, 5.41) is 0. The van der Waals surface area contributed by atoms with E-state index >= 15 is 0 Å². The van der Waals surface area contributed by atoms with Crippen LogP contribution in [0.25, 0.3) is 0 Å². The van der Waals surface area contributed by atoms with Crippen molar-refractivity contribution in [3.05, 3.63) is 0 Å². The summed E-state index contributed by atoms with van der Waals surface area (Å²) in [6.45, 7) is 12.1. The Hall–Kier alpha value is -0.160. The van der Waals surface area contributed by atoms with Gasteiger partial charge >= 0.3 is 0 Å². The Labute approximate surface area is 105 Å². The first kappa shape index (κ1) is 13.3. The molecule has 4 nitrogen and oxygen atoms in total. The zero-order valence-electron chi connectivity index (χ0n) is 11.3. The van der Waals surface area contributed by atoms with E-state index < -0.39 is 0 Å². The first-order chi connectivity index (χ1) is 8.16. The predicted octanol–water partition coefficient (Wildman–Crippen LogP) is 0.376. The Balaban J connectivity index is 1.70. The molecular formula is C13H27N3O. The molecule has 0 bridgehead atoms. The van der Waals surface area contributed by atoms with Gasteiger partial charge in [0.1, 0.15) is 0 Å². The average molecular weight is 241 g/mol. The van der Waals surface area contributed by atoms with Crippen LogP contribution < -0.4 is 5.73 Å². The van der Waals surface area contributed by atoms with E-state index in [2.05, 4.69) is 23.6 Å². The van der Waals surface area contributed by atoms with E-state index in [1.165, 1.54) is 26.2 Å². The van der Waals surface area contributed by atoms with Gasteiger partial charge in [0.15, 0.2) is 0 Å². The second-order valence-electron chi connectivity index (χ2n) is 5.72. The number of piperazine rings is 1. The molecule has 100 valence electrons. The van der Waals surface area contributed by atoms with Crippen LogP contribution in [-0.2, 0) is 4.74 Å². The quantitative estimate of drug-likeness (QED) is 0.772. The molecule has 0 amide bonds. The summed E-state index contributed by atoms with van der Waals surface area (Å²) in [6.07, 6.45) is 1.15. The molecule has 0 aromatic rings. The van der Waals surface area contributed by atoms with Gasteiger partial charge in [-0.1, -0.05) is 0 Å². The molecule has 2 heterocycles. The van der Waals surface area contributed by atoms with Crippen LogP contribution in [0, 0.1) is 5.92 Å². The lowest BCUT2D eigenvalue weighted by atomic mass is 9.99. The van der Waals surface area contributed by atoms with E-state index in [9.17, 15) is 0 Å². The van der Waals surface area contributed by atoms with E-state index in [1.807, 2.05) is 0 Å². The molecule has 2 N–H and O–H groups in total. The van der Waals surface area contributed by atoms with E-state index in [4.69, 9.17) is 10.5 Å². The van der Waals surface area contributed by atoms with Gasteiger partial charge in [0.2, 0.25) is 0 Å². The third-order valence-electron chi connectivity index (χ3n) is 4.18. The van der Waals surface area contributed by atoms with Crippen molar-refractivity contribution in [1.82, 2.24) is 9.80 Å². The molecular weight excluding hydrogens is 214 g/mol. The highest BCUT2D eigenvalue weighted by Crippen LogP contribution is 2.16. The molecule has 17 heavy (non-hydrogen) atoms. The molecule has 2 aliphatic rings. The topological polar surface area (TPSA) is 41.7 Å². The van der Waals surface area contributed by atoms with E-state index in [0.717, 1.165) is 26.2 Å². The molecule has 4 heteroatoms. The Morgan fingerprint density at radius 2 is 1.94 bits per heavy atom. The maximum absolute atomic E-state index is 6.27. The lowest BCUT2D eigenvalue weighted by molar-refractivity contribution is 0.0969. The van der Waals surface area contributed by atoms with Gasteiger partial charge < -0.3 is 10.5 Å². The van der Waals surface area contributed by atoms with Gasteiger partial charge in [-0.2, -0.15) is 0 Å². The molecule has 0 saturated carbocycles. The van der Waals surface area contributed by atoms with E-state index in [0.29, 0.717) is 18.0 Å². The van der Waals surface area contributed by atoms with Crippen LogP contribution in [0.3, 0.4) is 0 Å². The summed E-state index contributed by atoms with van der Waals surface area (Å²) in [5.41, 5.74) is 6.27. The Kier molecular flexibility index (Phi) is 4.79. The van der Waals surface area contributed by atoms with Crippen molar-refractivity contribution >= 4 is 0 Å². The molecule has 0 aliphatic carbocycles. The van der Waals surface area contributed by atoms with Crippen molar-refractivity contribution in [3.8, 4) is 0 Å². The SMILES string of the molecule is CC(C)N1CCN(CC(N)C2CCOC2)CC1. The van der Waals surface area contributed by atoms with Crippen molar-refractivity contribution in [2.24, 2.45) is 11.7 Å². The first-order valence-corrected chi connectivity index (χ1v) is 6.96. The third kappa shape index (κ3) is 3.65. The molecule has 2 aliphatic heterocycles. The summed E-state index contributed by atoms with van der Waals surface area (Å²) in [6, 6.07) is 0.970. The van der Waals surface area contributed by atoms with Crippen LogP contribution in [0.2, 0.25) is 0 Å². The first-order valence-electron chi connectivity index (χ1n) is 6.96. The van der Waals surface area contributed by atoms with Crippen molar-refractivity contribution in [2.75, 3.05) is 45.9 Å². The van der Waals surface area contributed by atoms with Crippen LogP contribution in [0.4, 0.5) is 0 Å². The van der Waals surface area contributed by atoms with E-state index in [1.54, 1.807) is 0 Å². The summed E-state index contributed by atoms with van der Waals surface area (Å²) < 4.78 is 5.41. The van der Waals surface area contributed by atoms with Crippen LogP contribution in [0.5, 0.6) is 0 Å². The maximum atomic E-state index is 6.27. The molecule has 2 fully saturated rings. The fourth-order valence-electron chi connectivity index (χ4n) is 2.80. The summed E-state index contributed by atoms with van der Waals surface area (Å²) >= 11 is 0. The molecule has 0 aromatic heterocycles. The van der Waals surface area contributed by atoms with Crippen molar-refractivity contribution in [2.45, 2.75) is 32.4 Å². The normalized spacial score (nSPS) is 30.0. The third-order valence-corrected chi connectivity index (χ3v) is 4.18. The number of nitrogens with two attached hydrogens (primary N) is 1. The van der Waals surface area contributed by atoms with Gasteiger partial charge in [-0.05, 0) is 20.3 Å². The van der Waals surface area contributed by atoms with Gasteiger partial charge in [0.05, 0.1) is 6.61 Å².